The van der Waals surface area contributed by atoms with Gasteiger partial charge in [0, 0.05) is 53.4 Å². The van der Waals surface area contributed by atoms with Gasteiger partial charge in [-0.2, -0.15) is 0 Å². The molecule has 5 N–H and O–H groups in total. The highest BCUT2D eigenvalue weighted by atomic mass is 32.1. The summed E-state index contributed by atoms with van der Waals surface area (Å²) >= 11 is 3.67. The van der Waals surface area contributed by atoms with Gasteiger partial charge in [0.25, 0.3) is 0 Å². The van der Waals surface area contributed by atoms with E-state index in [0.29, 0.717) is 37.1 Å². The summed E-state index contributed by atoms with van der Waals surface area (Å²) in [5.74, 6) is 1.10. The molecule has 0 aliphatic heterocycles. The molecular weight excluding hydrogens is 719 g/mol. The Morgan fingerprint density at radius 1 is 0.704 bits per heavy atom. The number of anilines is 2. The smallest absolute Gasteiger partial charge is 0.304 e. The largest absolute Gasteiger partial charge is 0.481 e. The van der Waals surface area contributed by atoms with Gasteiger partial charge >= 0.3 is 5.97 Å². The SMILES string of the molecule is C.C.CN(CCC(=O)O)C1CCC(Nc2ncnc3sc4c(c23)CCC4)CC1.CN(CCC(N)=O)C1CCC(Nc2ncnc3sc4c(c23)CCC4)CC1. The van der Waals surface area contributed by atoms with E-state index in [0.717, 1.165) is 92.0 Å². The van der Waals surface area contributed by atoms with Crippen molar-refractivity contribution >= 4 is 66.6 Å². The first-order valence-corrected chi connectivity index (χ1v) is 20.8. The van der Waals surface area contributed by atoms with Crippen LogP contribution in [0.4, 0.5) is 11.6 Å². The summed E-state index contributed by atoms with van der Waals surface area (Å²) in [5, 5.41) is 18.8. The number of carbonyl (C=O) groups is 2. The molecule has 0 atom stereocenters. The van der Waals surface area contributed by atoms with Gasteiger partial charge in [0.05, 0.1) is 17.2 Å². The lowest BCUT2D eigenvalue weighted by Gasteiger charge is -2.35. The number of thiophene rings is 2. The monoisotopic (exact) mass is 779 g/mol. The molecule has 8 rings (SSSR count). The second-order valence-electron chi connectivity index (χ2n) is 15.1. The van der Waals surface area contributed by atoms with Gasteiger partial charge in [-0.1, -0.05) is 14.9 Å². The molecule has 2 fully saturated rings. The molecule has 4 aliphatic carbocycles. The summed E-state index contributed by atoms with van der Waals surface area (Å²) in [4.78, 5) is 49.6. The molecule has 0 spiro atoms. The fraction of sp³-hybridized carbons (Fsp3) is 0.650. The van der Waals surface area contributed by atoms with Crippen molar-refractivity contribution in [3.05, 3.63) is 33.5 Å². The molecule has 0 saturated heterocycles. The highest BCUT2D eigenvalue weighted by Gasteiger charge is 2.28. The van der Waals surface area contributed by atoms with Gasteiger partial charge in [-0.3, -0.25) is 9.59 Å². The van der Waals surface area contributed by atoms with Crippen molar-refractivity contribution in [3.8, 4) is 0 Å². The first kappa shape index (κ1) is 41.7. The molecule has 4 aliphatic rings. The van der Waals surface area contributed by atoms with E-state index < -0.39 is 5.97 Å². The van der Waals surface area contributed by atoms with Gasteiger partial charge in [0.1, 0.15) is 34.0 Å². The maximum absolute atomic E-state index is 11.0. The number of hydrogen-bond acceptors (Lipinski definition) is 12. The molecule has 4 aromatic heterocycles. The minimum absolute atomic E-state index is 0. The number of rotatable bonds is 12. The Morgan fingerprint density at radius 3 is 1.54 bits per heavy atom. The number of nitrogens with two attached hydrogens (primary N) is 1. The van der Waals surface area contributed by atoms with E-state index in [1.54, 1.807) is 12.7 Å². The van der Waals surface area contributed by atoms with Gasteiger partial charge in [0.2, 0.25) is 5.91 Å². The van der Waals surface area contributed by atoms with Crippen LogP contribution in [0.2, 0.25) is 0 Å². The van der Waals surface area contributed by atoms with Crippen LogP contribution in [-0.2, 0) is 35.3 Å². The van der Waals surface area contributed by atoms with Crippen LogP contribution in [0.1, 0.15) is 113 Å². The number of carboxylic acids is 1. The van der Waals surface area contributed by atoms with Gasteiger partial charge in [0.15, 0.2) is 0 Å². The normalized spacial score (nSPS) is 21.9. The lowest BCUT2D eigenvalue weighted by atomic mass is 9.90. The molecule has 4 heterocycles. The van der Waals surface area contributed by atoms with Crippen LogP contribution < -0.4 is 16.4 Å². The van der Waals surface area contributed by atoms with E-state index in [1.165, 1.54) is 57.3 Å². The number of primary amides is 1. The lowest BCUT2D eigenvalue weighted by molar-refractivity contribution is -0.137. The Labute approximate surface area is 328 Å². The molecule has 14 heteroatoms. The van der Waals surface area contributed by atoms with E-state index in [1.807, 2.05) is 29.7 Å². The average Bonchev–Trinajstić information content (AvgIpc) is 3.93. The summed E-state index contributed by atoms with van der Waals surface area (Å²) in [5.41, 5.74) is 8.21. The Morgan fingerprint density at radius 2 is 1.13 bits per heavy atom. The van der Waals surface area contributed by atoms with E-state index >= 15 is 0 Å². The number of carbonyl (C=O) groups excluding carboxylic acids is 1. The van der Waals surface area contributed by atoms with Crippen molar-refractivity contribution in [1.82, 2.24) is 29.7 Å². The summed E-state index contributed by atoms with van der Waals surface area (Å²) in [6.07, 6.45) is 20.2. The summed E-state index contributed by atoms with van der Waals surface area (Å²) < 4.78 is 0. The molecule has 296 valence electrons. The second-order valence-corrected chi connectivity index (χ2v) is 17.3. The number of hydrogen-bond donors (Lipinski definition) is 4. The molecule has 4 aromatic rings. The zero-order chi connectivity index (χ0) is 36.2. The second kappa shape index (κ2) is 18.9. The minimum Gasteiger partial charge on any atom is -0.481 e. The van der Waals surface area contributed by atoms with Crippen LogP contribution >= 0.6 is 22.7 Å². The van der Waals surface area contributed by atoms with Crippen LogP contribution in [0.5, 0.6) is 0 Å². The number of aromatic nitrogens is 4. The molecule has 1 amide bonds. The number of carboxylic acid groups (broad SMARTS) is 1. The quantitative estimate of drug-likeness (QED) is 0.114. The average molecular weight is 780 g/mol. The van der Waals surface area contributed by atoms with Crippen molar-refractivity contribution < 1.29 is 14.7 Å². The van der Waals surface area contributed by atoms with Gasteiger partial charge < -0.3 is 31.3 Å². The third-order valence-electron chi connectivity index (χ3n) is 11.7. The summed E-state index contributed by atoms with van der Waals surface area (Å²) in [6.45, 7) is 1.39. The zero-order valence-corrected chi connectivity index (χ0v) is 32.2. The third-order valence-corrected chi connectivity index (χ3v) is 14.1. The number of aryl methyl sites for hydroxylation is 4. The fourth-order valence-electron chi connectivity index (χ4n) is 8.71. The van der Waals surface area contributed by atoms with E-state index in [4.69, 9.17) is 10.8 Å². The molecule has 0 bridgehead atoms. The molecule has 0 unspecified atom stereocenters. The van der Waals surface area contributed by atoms with E-state index in [9.17, 15) is 9.59 Å². The molecule has 2 saturated carbocycles. The van der Waals surface area contributed by atoms with Crippen molar-refractivity contribution in [2.24, 2.45) is 5.73 Å². The van der Waals surface area contributed by atoms with Crippen molar-refractivity contribution in [3.63, 3.8) is 0 Å². The van der Waals surface area contributed by atoms with Crippen LogP contribution in [0.15, 0.2) is 12.7 Å². The van der Waals surface area contributed by atoms with Gasteiger partial charge in [-0.05, 0) is 115 Å². The topological polar surface area (TPSA) is 162 Å². The van der Waals surface area contributed by atoms with E-state index in [2.05, 4.69) is 47.4 Å². The van der Waals surface area contributed by atoms with Crippen LogP contribution in [0.3, 0.4) is 0 Å². The first-order valence-electron chi connectivity index (χ1n) is 19.2. The van der Waals surface area contributed by atoms with Crippen molar-refractivity contribution in [2.45, 2.75) is 142 Å². The van der Waals surface area contributed by atoms with Crippen molar-refractivity contribution in [1.29, 1.82) is 0 Å². The maximum atomic E-state index is 11.0. The highest BCUT2D eigenvalue weighted by molar-refractivity contribution is 7.19. The predicted molar refractivity (Wildman–Crippen MR) is 223 cm³/mol. The summed E-state index contributed by atoms with van der Waals surface area (Å²) in [6, 6.07) is 1.94. The number of nitrogens with zero attached hydrogens (tertiary/aromatic N) is 6. The minimum atomic E-state index is -0.719. The predicted octanol–water partition coefficient (Wildman–Crippen LogP) is 7.29. The molecular formula is C40H61N9O3S2. The molecule has 54 heavy (non-hydrogen) atoms. The third kappa shape index (κ3) is 9.66. The molecule has 0 aromatic carbocycles. The highest BCUT2D eigenvalue weighted by Crippen LogP contribution is 2.41. The lowest BCUT2D eigenvalue weighted by Crippen LogP contribution is -2.39. The Hall–Kier alpha value is -3.46. The number of amides is 1. The van der Waals surface area contributed by atoms with E-state index in [-0.39, 0.29) is 27.2 Å². The fourth-order valence-corrected chi connectivity index (χ4v) is 11.2. The number of aliphatic carboxylic acids is 1. The van der Waals surface area contributed by atoms with Crippen molar-refractivity contribution in [2.75, 3.05) is 37.8 Å². The zero-order valence-electron chi connectivity index (χ0n) is 30.5. The van der Waals surface area contributed by atoms with Crippen LogP contribution in [0, 0.1) is 0 Å². The Kier molecular flexibility index (Phi) is 14.6. The van der Waals surface area contributed by atoms with Gasteiger partial charge in [-0.15, -0.1) is 22.7 Å². The van der Waals surface area contributed by atoms with Crippen LogP contribution in [-0.4, -0.2) is 98.1 Å². The molecule has 12 nitrogen and oxygen atoms in total. The maximum Gasteiger partial charge on any atom is 0.304 e. The number of nitrogens with one attached hydrogen (secondary N) is 2. The standard InChI is InChI=1S/C19H27N5OS.C19H26N4O2S.2CH4/c1-24(10-9-16(20)25)13-7-5-12(6-8-13)23-18-17-14-3-2-4-15(14)26-19(17)22-11-21-18;1-23(10-9-16(24)25)13-7-5-12(6-8-13)22-18-17-14-3-2-4-15(14)26-19(17)21-11-20-18;;/h11-13H,2-10H2,1H3,(H2,20,25)(H,21,22,23);11-13H,2-10H2,1H3,(H,24,25)(H,20,21,22);2*1H4. The Bertz CT molecular complexity index is 1730. The Balaban J connectivity index is 0.000000200. The summed E-state index contributed by atoms with van der Waals surface area (Å²) in [7, 11) is 4.15. The first-order chi connectivity index (χ1) is 25.2. The molecule has 0 radical (unpaired) electrons. The van der Waals surface area contributed by atoms with Gasteiger partial charge in [-0.25, -0.2) is 19.9 Å². The number of fused-ring (bicyclic) bond motifs is 6. The van der Waals surface area contributed by atoms with Crippen LogP contribution in [0.25, 0.3) is 20.4 Å².